The molecule has 0 aliphatic carbocycles. The number of hydrogen-bond donors (Lipinski definition) is 0. The lowest BCUT2D eigenvalue weighted by Crippen LogP contribution is -2.18. The minimum atomic E-state index is -0.885. The van der Waals surface area contributed by atoms with Gasteiger partial charge in [0.25, 0.3) is 9.04 Å². The molecule has 0 aliphatic rings. The van der Waals surface area contributed by atoms with Gasteiger partial charge in [-0.2, -0.15) is 0 Å². The zero-order chi connectivity index (χ0) is 18.1. The topological polar surface area (TPSA) is 9.23 Å². The Morgan fingerprint density at radius 2 is 1.62 bits per heavy atom. The van der Waals surface area contributed by atoms with Gasteiger partial charge in [-0.1, -0.05) is 63.2 Å². The molecule has 2 aromatic carbocycles. The molecule has 0 atom stereocenters. The Balaban J connectivity index is 2.70. The lowest BCUT2D eigenvalue weighted by Gasteiger charge is -2.27. The van der Waals surface area contributed by atoms with Gasteiger partial charge >= 0.3 is 0 Å². The molecule has 0 saturated carbocycles. The number of rotatable bonds is 4. The fourth-order valence-electron chi connectivity index (χ4n) is 2.68. The first-order valence-corrected chi connectivity index (χ1v) is 11.4. The second kappa shape index (κ2) is 7.28. The van der Waals surface area contributed by atoms with Crippen molar-refractivity contribution in [2.45, 2.75) is 46.2 Å². The summed E-state index contributed by atoms with van der Waals surface area (Å²) >= 11 is 3.68. The molecule has 0 amide bonds. The van der Waals surface area contributed by atoms with Crippen LogP contribution in [0.3, 0.4) is 0 Å². The minimum absolute atomic E-state index is 0.0101. The highest BCUT2D eigenvalue weighted by atomic mass is 79.9. The molecule has 1 nitrogen and oxygen atoms in total. The molecule has 0 unspecified atom stereocenters. The number of aryl methyl sites for hydroxylation is 1. The average Bonchev–Trinajstić information content (AvgIpc) is 2.47. The van der Waals surface area contributed by atoms with E-state index in [0.717, 1.165) is 26.9 Å². The van der Waals surface area contributed by atoms with Crippen molar-refractivity contribution in [1.82, 2.24) is 0 Å². The highest BCUT2D eigenvalue weighted by Gasteiger charge is 2.25. The summed E-state index contributed by atoms with van der Waals surface area (Å²) in [5.74, 6) is 0.923. The number of halogens is 1. The van der Waals surface area contributed by atoms with Crippen molar-refractivity contribution in [1.29, 1.82) is 0 Å². The number of benzene rings is 2. The van der Waals surface area contributed by atoms with Crippen molar-refractivity contribution in [3.05, 3.63) is 69.7 Å². The molecule has 3 heteroatoms. The van der Waals surface area contributed by atoms with Crippen molar-refractivity contribution < 1.29 is 4.43 Å². The van der Waals surface area contributed by atoms with Crippen LogP contribution in [0, 0.1) is 6.92 Å². The van der Waals surface area contributed by atoms with Gasteiger partial charge in [-0.05, 0) is 64.1 Å². The third kappa shape index (κ3) is 4.20. The maximum Gasteiger partial charge on any atom is 0.274 e. The minimum Gasteiger partial charge on any atom is -0.541 e. The van der Waals surface area contributed by atoms with Crippen LogP contribution in [0.4, 0.5) is 0 Å². The fraction of sp³-hybridized carbons (Fsp3) is 0.333. The molecule has 2 rings (SSSR count). The summed E-state index contributed by atoms with van der Waals surface area (Å²) in [5, 5.41) is 0. The zero-order valence-electron chi connectivity index (χ0n) is 15.5. The van der Waals surface area contributed by atoms with Crippen molar-refractivity contribution in [3.8, 4) is 5.75 Å². The van der Waals surface area contributed by atoms with E-state index in [1.165, 1.54) is 11.1 Å². The SMILES string of the molecule is C=C(c1ccc(C)cc1)c1c(C(C)(C)C)ccc(Br)c1O[Si](C)C. The van der Waals surface area contributed by atoms with Crippen LogP contribution < -0.4 is 4.43 Å². The van der Waals surface area contributed by atoms with Crippen LogP contribution in [0.2, 0.25) is 13.1 Å². The maximum atomic E-state index is 6.27. The van der Waals surface area contributed by atoms with Crippen LogP contribution in [0.25, 0.3) is 5.57 Å². The normalized spacial score (nSPS) is 11.7. The molecule has 1 radical (unpaired) electrons. The lowest BCUT2D eigenvalue weighted by atomic mass is 9.80. The molecule has 0 N–H and O–H groups in total. The largest absolute Gasteiger partial charge is 0.541 e. The van der Waals surface area contributed by atoms with Crippen LogP contribution in [-0.4, -0.2) is 9.04 Å². The van der Waals surface area contributed by atoms with E-state index in [1.807, 2.05) is 0 Å². The summed E-state index contributed by atoms with van der Waals surface area (Å²) in [7, 11) is -0.885. The Kier molecular flexibility index (Phi) is 5.77. The first-order chi connectivity index (χ1) is 11.1. The molecule has 127 valence electrons. The summed E-state index contributed by atoms with van der Waals surface area (Å²) in [5.41, 5.74) is 5.78. The Labute approximate surface area is 156 Å². The molecule has 2 aromatic rings. The monoisotopic (exact) mass is 401 g/mol. The molecule has 0 aromatic heterocycles. The van der Waals surface area contributed by atoms with Crippen LogP contribution in [0.5, 0.6) is 5.75 Å². The molecule has 24 heavy (non-hydrogen) atoms. The van der Waals surface area contributed by atoms with E-state index in [2.05, 4.69) is 99.7 Å². The average molecular weight is 402 g/mol. The van der Waals surface area contributed by atoms with E-state index in [4.69, 9.17) is 4.43 Å². The Bertz CT molecular complexity index is 740. The van der Waals surface area contributed by atoms with Gasteiger partial charge in [0.05, 0.1) is 4.47 Å². The predicted octanol–water partition coefficient (Wildman–Crippen LogP) is 6.75. The Hall–Kier alpha value is -1.32. The Morgan fingerprint density at radius 3 is 2.12 bits per heavy atom. The van der Waals surface area contributed by atoms with Gasteiger partial charge in [0, 0.05) is 5.56 Å². The molecule has 0 heterocycles. The van der Waals surface area contributed by atoms with Gasteiger partial charge in [0.2, 0.25) is 0 Å². The smallest absolute Gasteiger partial charge is 0.274 e. The third-order valence-corrected chi connectivity index (χ3v) is 5.16. The maximum absolute atomic E-state index is 6.27. The first-order valence-electron chi connectivity index (χ1n) is 8.18. The molecule has 0 fully saturated rings. The van der Waals surface area contributed by atoms with Crippen molar-refractivity contribution in [2.24, 2.45) is 0 Å². The van der Waals surface area contributed by atoms with Gasteiger partial charge in [-0.25, -0.2) is 0 Å². The summed E-state index contributed by atoms with van der Waals surface area (Å²) in [6.07, 6.45) is 0. The molecule has 0 bridgehead atoms. The van der Waals surface area contributed by atoms with E-state index < -0.39 is 9.04 Å². The van der Waals surface area contributed by atoms with E-state index >= 15 is 0 Å². The van der Waals surface area contributed by atoms with Crippen molar-refractivity contribution in [3.63, 3.8) is 0 Å². The fourth-order valence-corrected chi connectivity index (χ4v) is 3.87. The highest BCUT2D eigenvalue weighted by molar-refractivity contribution is 9.10. The van der Waals surface area contributed by atoms with E-state index in [9.17, 15) is 0 Å². The van der Waals surface area contributed by atoms with Gasteiger partial charge in [-0.3, -0.25) is 0 Å². The highest BCUT2D eigenvalue weighted by Crippen LogP contribution is 2.42. The second-order valence-electron chi connectivity index (χ2n) is 7.40. The predicted molar refractivity (Wildman–Crippen MR) is 110 cm³/mol. The first kappa shape index (κ1) is 19.0. The molecule has 0 saturated heterocycles. The summed E-state index contributed by atoms with van der Waals surface area (Å²) in [6.45, 7) is 17.5. The Morgan fingerprint density at radius 1 is 1.04 bits per heavy atom. The summed E-state index contributed by atoms with van der Waals surface area (Å²) in [6, 6.07) is 12.8. The molecule has 0 aliphatic heterocycles. The molecular weight excluding hydrogens is 376 g/mol. The van der Waals surface area contributed by atoms with E-state index in [0.29, 0.717) is 0 Å². The second-order valence-corrected chi connectivity index (χ2v) is 10.3. The molecular formula is C21H26BrOSi. The van der Waals surface area contributed by atoms with Crippen LogP contribution in [-0.2, 0) is 5.41 Å². The van der Waals surface area contributed by atoms with Gasteiger partial charge in [0.15, 0.2) is 0 Å². The standard InChI is InChI=1S/C21H26BrOSi/c1-14-8-10-16(11-9-14)15(2)19-17(21(3,4)5)12-13-18(22)20(19)23-24(6)7/h8-13H,2H2,1,3-7H3. The van der Waals surface area contributed by atoms with Crippen molar-refractivity contribution >= 4 is 30.5 Å². The zero-order valence-corrected chi connectivity index (χ0v) is 18.0. The van der Waals surface area contributed by atoms with Crippen LogP contribution in [0.1, 0.15) is 43.0 Å². The van der Waals surface area contributed by atoms with Crippen molar-refractivity contribution in [2.75, 3.05) is 0 Å². The molecule has 0 spiro atoms. The lowest BCUT2D eigenvalue weighted by molar-refractivity contribution is 0.554. The number of hydrogen-bond acceptors (Lipinski definition) is 1. The summed E-state index contributed by atoms with van der Waals surface area (Å²) < 4.78 is 7.26. The van der Waals surface area contributed by atoms with E-state index in [1.54, 1.807) is 0 Å². The van der Waals surface area contributed by atoms with Crippen LogP contribution in [0.15, 0.2) is 47.4 Å². The quantitative estimate of drug-likeness (QED) is 0.514. The summed E-state index contributed by atoms with van der Waals surface area (Å²) in [4.78, 5) is 0. The third-order valence-electron chi connectivity index (χ3n) is 3.93. The van der Waals surface area contributed by atoms with Crippen LogP contribution >= 0.6 is 15.9 Å². The van der Waals surface area contributed by atoms with E-state index in [-0.39, 0.29) is 5.41 Å². The van der Waals surface area contributed by atoms with Gasteiger partial charge < -0.3 is 4.43 Å². The van der Waals surface area contributed by atoms with Gasteiger partial charge in [0.1, 0.15) is 5.75 Å². The van der Waals surface area contributed by atoms with Gasteiger partial charge in [-0.15, -0.1) is 0 Å².